The molecule has 0 N–H and O–H groups in total. The number of rotatable bonds is 3. The molecule has 0 saturated carbocycles. The van der Waals surface area contributed by atoms with Crippen LogP contribution in [0.4, 0.5) is 8.78 Å². The SMILES string of the molecule is O=C(c1cc(C(F)F)ncn1)N1CCC(c2ccccn2)C1. The maximum absolute atomic E-state index is 12.6. The minimum atomic E-state index is -2.71. The zero-order chi connectivity index (χ0) is 15.5. The Balaban J connectivity index is 1.73. The molecule has 1 atom stereocenters. The van der Waals surface area contributed by atoms with Crippen molar-refractivity contribution < 1.29 is 13.6 Å². The van der Waals surface area contributed by atoms with E-state index in [9.17, 15) is 13.6 Å². The van der Waals surface area contributed by atoms with Crippen LogP contribution in [0.25, 0.3) is 0 Å². The molecule has 7 heteroatoms. The minimum absolute atomic E-state index is 0.00645. The Bertz CT molecular complexity index is 666. The molecule has 0 aliphatic carbocycles. The highest BCUT2D eigenvalue weighted by Gasteiger charge is 2.29. The molecule has 114 valence electrons. The molecule has 1 unspecified atom stereocenters. The molecule has 22 heavy (non-hydrogen) atoms. The van der Waals surface area contributed by atoms with Gasteiger partial charge in [-0.25, -0.2) is 18.7 Å². The van der Waals surface area contributed by atoms with Crippen LogP contribution in [0, 0.1) is 0 Å². The molecule has 0 radical (unpaired) electrons. The molecule has 0 aromatic carbocycles. The molecule has 5 nitrogen and oxygen atoms in total. The van der Waals surface area contributed by atoms with Gasteiger partial charge < -0.3 is 4.90 Å². The zero-order valence-corrected chi connectivity index (χ0v) is 11.7. The number of carbonyl (C=O) groups is 1. The van der Waals surface area contributed by atoms with Crippen molar-refractivity contribution in [2.45, 2.75) is 18.8 Å². The summed E-state index contributed by atoms with van der Waals surface area (Å²) in [4.78, 5) is 25.6. The highest BCUT2D eigenvalue weighted by Crippen LogP contribution is 2.26. The number of hydrogen-bond donors (Lipinski definition) is 0. The molecule has 1 amide bonds. The third kappa shape index (κ3) is 2.93. The third-order valence-electron chi connectivity index (χ3n) is 3.71. The summed E-state index contributed by atoms with van der Waals surface area (Å²) in [6.45, 7) is 1.08. The highest BCUT2D eigenvalue weighted by atomic mass is 19.3. The largest absolute Gasteiger partial charge is 0.337 e. The van der Waals surface area contributed by atoms with Gasteiger partial charge in [-0.15, -0.1) is 0 Å². The van der Waals surface area contributed by atoms with Crippen molar-refractivity contribution in [3.05, 3.63) is 53.9 Å². The van der Waals surface area contributed by atoms with E-state index in [-0.39, 0.29) is 17.5 Å². The first kappa shape index (κ1) is 14.5. The van der Waals surface area contributed by atoms with Gasteiger partial charge in [0.05, 0.1) is 0 Å². The van der Waals surface area contributed by atoms with E-state index < -0.39 is 12.1 Å². The summed E-state index contributed by atoms with van der Waals surface area (Å²) < 4.78 is 25.3. The molecular formula is C15H14F2N4O. The molecule has 1 fully saturated rings. The van der Waals surface area contributed by atoms with Gasteiger partial charge in [-0.05, 0) is 24.6 Å². The van der Waals surface area contributed by atoms with Gasteiger partial charge in [0.1, 0.15) is 17.7 Å². The average molecular weight is 304 g/mol. The van der Waals surface area contributed by atoms with E-state index in [1.54, 1.807) is 11.1 Å². The standard InChI is InChI=1S/C15H14F2N4O/c16-14(17)12-7-13(20-9-19-12)15(22)21-6-4-10(8-21)11-3-1-2-5-18-11/h1-3,5,7,9-10,14H,4,6,8H2. The average Bonchev–Trinajstić information content (AvgIpc) is 3.05. The minimum Gasteiger partial charge on any atom is -0.337 e. The van der Waals surface area contributed by atoms with Gasteiger partial charge in [0, 0.05) is 30.9 Å². The summed E-state index contributed by atoms with van der Waals surface area (Å²) in [6, 6.07) is 6.74. The van der Waals surface area contributed by atoms with E-state index in [0.29, 0.717) is 13.1 Å². The van der Waals surface area contributed by atoms with E-state index >= 15 is 0 Å². The Labute approximate surface area is 126 Å². The van der Waals surface area contributed by atoms with Gasteiger partial charge in [0.2, 0.25) is 0 Å². The summed E-state index contributed by atoms with van der Waals surface area (Å²) in [5.74, 6) is -0.177. The summed E-state index contributed by atoms with van der Waals surface area (Å²) in [7, 11) is 0. The molecule has 1 saturated heterocycles. The smallest absolute Gasteiger partial charge is 0.280 e. The van der Waals surface area contributed by atoms with E-state index in [4.69, 9.17) is 0 Å². The first-order chi connectivity index (χ1) is 10.6. The summed E-state index contributed by atoms with van der Waals surface area (Å²) >= 11 is 0. The second-order valence-electron chi connectivity index (χ2n) is 5.12. The molecule has 3 heterocycles. The van der Waals surface area contributed by atoms with Gasteiger partial charge in [-0.3, -0.25) is 9.78 Å². The van der Waals surface area contributed by atoms with Crippen molar-refractivity contribution in [1.29, 1.82) is 0 Å². The van der Waals surface area contributed by atoms with Crippen LogP contribution in [0.2, 0.25) is 0 Å². The Hall–Kier alpha value is -2.44. The van der Waals surface area contributed by atoms with Gasteiger partial charge in [0.25, 0.3) is 12.3 Å². The predicted molar refractivity (Wildman–Crippen MR) is 74.5 cm³/mol. The van der Waals surface area contributed by atoms with Crippen molar-refractivity contribution in [2.24, 2.45) is 0 Å². The lowest BCUT2D eigenvalue weighted by Crippen LogP contribution is -2.29. The van der Waals surface area contributed by atoms with Crippen molar-refractivity contribution in [1.82, 2.24) is 19.9 Å². The molecule has 2 aromatic heterocycles. The number of halogens is 2. The Kier molecular flexibility index (Phi) is 4.04. The molecule has 3 rings (SSSR count). The van der Waals surface area contributed by atoms with Gasteiger partial charge in [-0.2, -0.15) is 0 Å². The topological polar surface area (TPSA) is 59.0 Å². The van der Waals surface area contributed by atoms with Crippen LogP contribution >= 0.6 is 0 Å². The predicted octanol–water partition coefficient (Wildman–Crippen LogP) is 2.44. The number of amides is 1. The second-order valence-corrected chi connectivity index (χ2v) is 5.12. The lowest BCUT2D eigenvalue weighted by molar-refractivity contribution is 0.0783. The van der Waals surface area contributed by atoms with Crippen LogP contribution in [0.15, 0.2) is 36.8 Å². The molecular weight excluding hydrogens is 290 g/mol. The van der Waals surface area contributed by atoms with Crippen LogP contribution in [-0.2, 0) is 0 Å². The molecule has 0 spiro atoms. The lowest BCUT2D eigenvalue weighted by atomic mass is 10.0. The Morgan fingerprint density at radius 2 is 2.14 bits per heavy atom. The molecule has 1 aliphatic rings. The summed E-state index contributed by atoms with van der Waals surface area (Å²) in [5.41, 5.74) is 0.513. The molecule has 2 aromatic rings. The van der Waals surface area contributed by atoms with Crippen molar-refractivity contribution in [2.75, 3.05) is 13.1 Å². The quantitative estimate of drug-likeness (QED) is 0.874. The Morgan fingerprint density at radius 1 is 1.27 bits per heavy atom. The van der Waals surface area contributed by atoms with Gasteiger partial charge in [0.15, 0.2) is 0 Å². The Morgan fingerprint density at radius 3 is 2.86 bits per heavy atom. The van der Waals surface area contributed by atoms with E-state index in [0.717, 1.165) is 24.5 Å². The highest BCUT2D eigenvalue weighted by molar-refractivity contribution is 5.92. The number of carbonyl (C=O) groups excluding carboxylic acids is 1. The van der Waals surface area contributed by atoms with Crippen LogP contribution in [0.3, 0.4) is 0 Å². The van der Waals surface area contributed by atoms with Crippen molar-refractivity contribution >= 4 is 5.91 Å². The van der Waals surface area contributed by atoms with Crippen LogP contribution in [0.5, 0.6) is 0 Å². The lowest BCUT2D eigenvalue weighted by Gasteiger charge is -2.16. The van der Waals surface area contributed by atoms with Gasteiger partial charge in [-0.1, -0.05) is 6.07 Å². The van der Waals surface area contributed by atoms with Crippen molar-refractivity contribution in [3.8, 4) is 0 Å². The summed E-state index contributed by atoms with van der Waals surface area (Å²) in [6.07, 6.45) is 0.810. The number of nitrogens with zero attached hydrogens (tertiary/aromatic N) is 4. The van der Waals surface area contributed by atoms with Crippen LogP contribution < -0.4 is 0 Å². The monoisotopic (exact) mass is 304 g/mol. The van der Waals surface area contributed by atoms with Crippen LogP contribution in [0.1, 0.15) is 40.6 Å². The molecule has 1 aliphatic heterocycles. The fourth-order valence-corrected chi connectivity index (χ4v) is 2.57. The third-order valence-corrected chi connectivity index (χ3v) is 3.71. The van der Waals surface area contributed by atoms with E-state index in [1.165, 1.54) is 0 Å². The van der Waals surface area contributed by atoms with Crippen LogP contribution in [-0.4, -0.2) is 38.8 Å². The normalized spacial score (nSPS) is 18.0. The number of likely N-dealkylation sites (tertiary alicyclic amines) is 1. The second kappa shape index (κ2) is 6.13. The first-order valence-corrected chi connectivity index (χ1v) is 6.95. The molecule has 0 bridgehead atoms. The fraction of sp³-hybridized carbons (Fsp3) is 0.333. The number of pyridine rings is 1. The maximum atomic E-state index is 12.6. The number of aromatic nitrogens is 3. The maximum Gasteiger partial charge on any atom is 0.280 e. The zero-order valence-electron chi connectivity index (χ0n) is 11.7. The summed E-state index contributed by atoms with van der Waals surface area (Å²) in [5, 5.41) is 0. The number of alkyl halides is 2. The van der Waals surface area contributed by atoms with E-state index in [1.807, 2.05) is 18.2 Å². The first-order valence-electron chi connectivity index (χ1n) is 6.95. The van der Waals surface area contributed by atoms with E-state index in [2.05, 4.69) is 15.0 Å². The number of hydrogen-bond acceptors (Lipinski definition) is 4. The van der Waals surface area contributed by atoms with Gasteiger partial charge >= 0.3 is 0 Å². The van der Waals surface area contributed by atoms with Crippen molar-refractivity contribution in [3.63, 3.8) is 0 Å². The fourth-order valence-electron chi connectivity index (χ4n) is 2.57.